The average Bonchev–Trinajstić information content (AvgIpc) is 2.43. The van der Waals surface area contributed by atoms with Crippen molar-refractivity contribution >= 4 is 23.2 Å². The zero-order chi connectivity index (χ0) is 13.8. The average molecular weight is 282 g/mol. The number of piperidine rings is 1. The molecule has 2 atom stereocenters. The Bertz CT molecular complexity index is 464. The SMILES string of the molecule is CCC1CCNC(C(=O)Nc2cc(C)cnc2Cl)C1. The van der Waals surface area contributed by atoms with Crippen LogP contribution in [0.15, 0.2) is 12.3 Å². The van der Waals surface area contributed by atoms with E-state index in [1.807, 2.05) is 13.0 Å². The number of pyridine rings is 1. The van der Waals surface area contributed by atoms with Gasteiger partial charge in [0.1, 0.15) is 0 Å². The lowest BCUT2D eigenvalue weighted by molar-refractivity contribution is -0.119. The predicted octanol–water partition coefficient (Wildman–Crippen LogP) is 2.76. The topological polar surface area (TPSA) is 54.0 Å². The van der Waals surface area contributed by atoms with Crippen LogP contribution in [0.1, 0.15) is 31.7 Å². The summed E-state index contributed by atoms with van der Waals surface area (Å²) in [5.74, 6) is 0.607. The van der Waals surface area contributed by atoms with Gasteiger partial charge in [-0.15, -0.1) is 0 Å². The Morgan fingerprint density at radius 1 is 1.63 bits per heavy atom. The zero-order valence-corrected chi connectivity index (χ0v) is 12.1. The fourth-order valence-electron chi connectivity index (χ4n) is 2.43. The summed E-state index contributed by atoms with van der Waals surface area (Å²) in [7, 11) is 0. The predicted molar refractivity (Wildman–Crippen MR) is 77.4 cm³/mol. The second-order valence-corrected chi connectivity index (χ2v) is 5.50. The third-order valence-electron chi connectivity index (χ3n) is 3.64. The van der Waals surface area contributed by atoms with E-state index >= 15 is 0 Å². The molecule has 5 heteroatoms. The maximum absolute atomic E-state index is 12.2. The molecule has 0 aromatic carbocycles. The number of hydrogen-bond acceptors (Lipinski definition) is 3. The molecule has 1 amide bonds. The van der Waals surface area contributed by atoms with E-state index in [1.54, 1.807) is 6.20 Å². The number of hydrogen-bond donors (Lipinski definition) is 2. The highest BCUT2D eigenvalue weighted by molar-refractivity contribution is 6.32. The lowest BCUT2D eigenvalue weighted by Gasteiger charge is -2.28. The van der Waals surface area contributed by atoms with Crippen LogP contribution < -0.4 is 10.6 Å². The molecule has 0 aliphatic carbocycles. The highest BCUT2D eigenvalue weighted by Gasteiger charge is 2.26. The largest absolute Gasteiger partial charge is 0.322 e. The van der Waals surface area contributed by atoms with E-state index in [-0.39, 0.29) is 11.9 Å². The number of aromatic nitrogens is 1. The number of aryl methyl sites for hydroxylation is 1. The number of carbonyl (C=O) groups is 1. The minimum atomic E-state index is -0.129. The van der Waals surface area contributed by atoms with Gasteiger partial charge in [0, 0.05) is 6.20 Å². The molecule has 1 fully saturated rings. The number of halogens is 1. The van der Waals surface area contributed by atoms with Crippen LogP contribution in [-0.4, -0.2) is 23.5 Å². The maximum atomic E-state index is 12.2. The van der Waals surface area contributed by atoms with Crippen molar-refractivity contribution in [3.05, 3.63) is 23.0 Å². The Labute approximate surface area is 118 Å². The quantitative estimate of drug-likeness (QED) is 0.838. The van der Waals surface area contributed by atoms with Crippen molar-refractivity contribution in [1.82, 2.24) is 10.3 Å². The second-order valence-electron chi connectivity index (χ2n) is 5.15. The van der Waals surface area contributed by atoms with Crippen LogP contribution in [0.25, 0.3) is 0 Å². The molecule has 0 spiro atoms. The van der Waals surface area contributed by atoms with Crippen LogP contribution in [0.3, 0.4) is 0 Å². The molecule has 1 aromatic rings. The molecule has 0 radical (unpaired) electrons. The molecule has 1 aromatic heterocycles. The standard InChI is InChI=1S/C14H20ClN3O/c1-3-10-4-5-16-12(7-10)14(19)18-11-6-9(2)8-17-13(11)15/h6,8,10,12,16H,3-5,7H2,1-2H3,(H,18,19). The van der Waals surface area contributed by atoms with Crippen molar-refractivity contribution in [2.24, 2.45) is 5.92 Å². The minimum absolute atomic E-state index is 0.0209. The third-order valence-corrected chi connectivity index (χ3v) is 3.94. The normalized spacial score (nSPS) is 23.1. The summed E-state index contributed by atoms with van der Waals surface area (Å²) in [5.41, 5.74) is 1.56. The molecular weight excluding hydrogens is 262 g/mol. The lowest BCUT2D eigenvalue weighted by Crippen LogP contribution is -2.46. The van der Waals surface area contributed by atoms with E-state index in [0.29, 0.717) is 16.8 Å². The van der Waals surface area contributed by atoms with Gasteiger partial charge >= 0.3 is 0 Å². The first-order valence-electron chi connectivity index (χ1n) is 6.76. The summed E-state index contributed by atoms with van der Waals surface area (Å²) in [4.78, 5) is 16.3. The highest BCUT2D eigenvalue weighted by Crippen LogP contribution is 2.23. The van der Waals surface area contributed by atoms with E-state index < -0.39 is 0 Å². The molecule has 2 rings (SSSR count). The number of carbonyl (C=O) groups excluding carboxylic acids is 1. The molecule has 4 nitrogen and oxygen atoms in total. The van der Waals surface area contributed by atoms with Gasteiger partial charge in [-0.05, 0) is 43.9 Å². The summed E-state index contributed by atoms with van der Waals surface area (Å²) in [6.07, 6.45) is 4.84. The van der Waals surface area contributed by atoms with Gasteiger partial charge < -0.3 is 10.6 Å². The van der Waals surface area contributed by atoms with E-state index in [1.165, 1.54) is 0 Å². The summed E-state index contributed by atoms with van der Waals surface area (Å²) < 4.78 is 0. The monoisotopic (exact) mass is 281 g/mol. The molecule has 1 aliphatic heterocycles. The third kappa shape index (κ3) is 3.67. The van der Waals surface area contributed by atoms with Gasteiger partial charge in [0.25, 0.3) is 0 Å². The molecular formula is C14H20ClN3O. The lowest BCUT2D eigenvalue weighted by atomic mass is 9.90. The number of amides is 1. The Balaban J connectivity index is 2.02. The van der Waals surface area contributed by atoms with Crippen LogP contribution in [0.5, 0.6) is 0 Å². The highest BCUT2D eigenvalue weighted by atomic mass is 35.5. The van der Waals surface area contributed by atoms with E-state index in [9.17, 15) is 4.79 Å². The summed E-state index contributed by atoms with van der Waals surface area (Å²) in [5, 5.41) is 6.47. The number of nitrogens with one attached hydrogen (secondary N) is 2. The summed E-state index contributed by atoms with van der Waals surface area (Å²) in [6, 6.07) is 1.71. The van der Waals surface area contributed by atoms with Gasteiger partial charge in [-0.1, -0.05) is 24.9 Å². The van der Waals surface area contributed by atoms with Crippen molar-refractivity contribution in [2.75, 3.05) is 11.9 Å². The second kappa shape index (κ2) is 6.35. The van der Waals surface area contributed by atoms with Gasteiger partial charge in [-0.25, -0.2) is 4.98 Å². The fourth-order valence-corrected chi connectivity index (χ4v) is 2.58. The first-order chi connectivity index (χ1) is 9.10. The molecule has 1 saturated heterocycles. The first-order valence-corrected chi connectivity index (χ1v) is 7.14. The smallest absolute Gasteiger partial charge is 0.241 e. The molecule has 0 saturated carbocycles. The molecule has 2 heterocycles. The Kier molecular flexibility index (Phi) is 4.77. The van der Waals surface area contributed by atoms with Crippen molar-refractivity contribution < 1.29 is 4.79 Å². The molecule has 1 aliphatic rings. The van der Waals surface area contributed by atoms with Gasteiger partial charge in [0.2, 0.25) is 5.91 Å². The fraction of sp³-hybridized carbons (Fsp3) is 0.571. The van der Waals surface area contributed by atoms with Crippen molar-refractivity contribution in [2.45, 2.75) is 39.2 Å². The van der Waals surface area contributed by atoms with E-state index in [2.05, 4.69) is 22.5 Å². The van der Waals surface area contributed by atoms with Crippen LogP contribution in [0, 0.1) is 12.8 Å². The summed E-state index contributed by atoms with van der Waals surface area (Å²) in [6.45, 7) is 4.99. The molecule has 19 heavy (non-hydrogen) atoms. The Morgan fingerprint density at radius 2 is 2.42 bits per heavy atom. The van der Waals surface area contributed by atoms with Gasteiger partial charge in [-0.3, -0.25) is 4.79 Å². The number of anilines is 1. The van der Waals surface area contributed by atoms with Crippen LogP contribution >= 0.6 is 11.6 Å². The number of nitrogens with zero attached hydrogens (tertiary/aromatic N) is 1. The molecule has 104 valence electrons. The summed E-state index contributed by atoms with van der Waals surface area (Å²) >= 11 is 5.99. The molecule has 0 bridgehead atoms. The minimum Gasteiger partial charge on any atom is -0.322 e. The van der Waals surface area contributed by atoms with E-state index in [0.717, 1.165) is 31.4 Å². The number of rotatable bonds is 3. The van der Waals surface area contributed by atoms with Gasteiger partial charge in [0.15, 0.2) is 5.15 Å². The first kappa shape index (κ1) is 14.3. The van der Waals surface area contributed by atoms with Gasteiger partial charge in [0.05, 0.1) is 11.7 Å². The van der Waals surface area contributed by atoms with Crippen molar-refractivity contribution in [1.29, 1.82) is 0 Å². The van der Waals surface area contributed by atoms with Gasteiger partial charge in [-0.2, -0.15) is 0 Å². The van der Waals surface area contributed by atoms with Crippen molar-refractivity contribution in [3.63, 3.8) is 0 Å². The zero-order valence-electron chi connectivity index (χ0n) is 11.4. The van der Waals surface area contributed by atoms with Crippen LogP contribution in [0.4, 0.5) is 5.69 Å². The van der Waals surface area contributed by atoms with E-state index in [4.69, 9.17) is 11.6 Å². The maximum Gasteiger partial charge on any atom is 0.241 e. The van der Waals surface area contributed by atoms with Crippen LogP contribution in [-0.2, 0) is 4.79 Å². The Morgan fingerprint density at radius 3 is 3.16 bits per heavy atom. The van der Waals surface area contributed by atoms with Crippen LogP contribution in [0.2, 0.25) is 5.15 Å². The van der Waals surface area contributed by atoms with Crippen molar-refractivity contribution in [3.8, 4) is 0 Å². The molecule has 2 N–H and O–H groups in total. The molecule has 2 unspecified atom stereocenters. The Hall–Kier alpha value is -1.13.